The molecule has 0 aromatic heterocycles. The number of hydrogen-bond donors (Lipinski definition) is 2. The third-order valence-electron chi connectivity index (χ3n) is 0. The minimum atomic E-state index is 0. The zero-order chi connectivity index (χ0) is 2.00. The van der Waals surface area contributed by atoms with Crippen molar-refractivity contribution in [2.75, 3.05) is 0 Å². The monoisotopic (exact) mass is 366 g/mol. The molecule has 0 aliphatic heterocycles. The molecular weight excluding hydrogens is 364 g/mol. The maximum atomic E-state index is 6.00. The van der Waals surface area contributed by atoms with Crippen LogP contribution in [0.5, 0.6) is 0 Å². The fourth-order valence-electron chi connectivity index (χ4n) is 0. The van der Waals surface area contributed by atoms with Gasteiger partial charge in [0.15, 0.2) is 0 Å². The Morgan fingerprint density at radius 3 is 0.667 bits per heavy atom. The fourth-order valence-corrected chi connectivity index (χ4v) is 0. The fraction of sp³-hybridized carbons (Fsp3) is 0. The van der Waals surface area contributed by atoms with Gasteiger partial charge in [0.1, 0.15) is 0 Å². The van der Waals surface area contributed by atoms with Gasteiger partial charge in [-0.3, -0.25) is 10.5 Å². The predicted molar refractivity (Wildman–Crippen MR) is 5.26 cm³/mol. The van der Waals surface area contributed by atoms with Gasteiger partial charge in [0.25, 0.3) is 0 Å². The minimum absolute atomic E-state index is 0. The van der Waals surface area contributed by atoms with E-state index in [2.05, 4.69) is 0 Å². The summed E-state index contributed by atoms with van der Waals surface area (Å²) < 4.78 is 0. The van der Waals surface area contributed by atoms with Gasteiger partial charge in [0, 0.05) is 0 Å². The topological polar surface area (TPSA) is 40.5 Å². The van der Waals surface area contributed by atoms with Crippen LogP contribution >= 0.6 is 0 Å². The maximum Gasteiger partial charge on any atom is 1.00 e. The second kappa shape index (κ2) is 33.4. The summed E-state index contributed by atoms with van der Waals surface area (Å²) in [5.74, 6) is 0. The first kappa shape index (κ1) is 31.1. The van der Waals surface area contributed by atoms with Crippen LogP contribution in [0.1, 0.15) is 0 Å². The molecule has 0 aromatic rings. The van der Waals surface area contributed by atoms with E-state index in [-0.39, 0.29) is 151 Å². The van der Waals surface area contributed by atoms with Crippen LogP contribution < -0.4 is 151 Å². The van der Waals surface area contributed by atoms with E-state index < -0.39 is 0 Å². The summed E-state index contributed by atoms with van der Waals surface area (Å²) in [7, 11) is 0. The first-order valence-electron chi connectivity index (χ1n) is 0.200. The Morgan fingerprint density at radius 2 is 0.667 bits per heavy atom. The molecule has 0 radical (unpaired) electrons. The minimum Gasteiger partial charge on any atom is -1.00 e. The van der Waals surface area contributed by atoms with Gasteiger partial charge in [0.2, 0.25) is 0 Å². The molecule has 0 spiro atoms. The van der Waals surface area contributed by atoms with Crippen molar-refractivity contribution in [1.82, 2.24) is 0 Å². The zero-order valence-electron chi connectivity index (χ0n) is 3.65. The predicted octanol–water partition coefficient (Wildman–Crippen LogP) is -12.0. The molecule has 0 fully saturated rings. The second-order valence-corrected chi connectivity index (χ2v) is 0. The third-order valence-corrected chi connectivity index (χ3v) is 0. The van der Waals surface area contributed by atoms with Gasteiger partial charge in [-0.05, 0) is 0 Å². The first-order chi connectivity index (χ1) is 1.00. The van der Waals surface area contributed by atoms with Crippen molar-refractivity contribution in [2.24, 2.45) is 0 Å². The van der Waals surface area contributed by atoms with Gasteiger partial charge in [-0.2, -0.15) is 0 Å². The van der Waals surface area contributed by atoms with Crippen LogP contribution in [0.4, 0.5) is 0 Å². The van der Waals surface area contributed by atoms with Gasteiger partial charge in [-0.15, -0.1) is 0 Å². The molecule has 0 saturated carbocycles. The summed E-state index contributed by atoms with van der Waals surface area (Å²) in [6.45, 7) is 0. The SMILES string of the molecule is OO.[I-].[I-].[K+].[K+]. The van der Waals surface area contributed by atoms with E-state index >= 15 is 0 Å². The van der Waals surface area contributed by atoms with Crippen LogP contribution in [-0.2, 0) is 0 Å². The van der Waals surface area contributed by atoms with Crippen LogP contribution in [0.15, 0.2) is 0 Å². The Kier molecular flexibility index (Phi) is 173. The molecule has 0 atom stereocenters. The molecule has 2 N–H and O–H groups in total. The summed E-state index contributed by atoms with van der Waals surface area (Å²) in [5.41, 5.74) is 0. The molecule has 0 unspecified atom stereocenters. The Hall–Kier alpha value is 4.65. The van der Waals surface area contributed by atoms with Gasteiger partial charge in [-0.1, -0.05) is 0 Å². The molecular formula is H2I2K2O2. The van der Waals surface area contributed by atoms with E-state index in [1.54, 1.807) is 0 Å². The normalized spacial score (nSPS) is 1.00. The third kappa shape index (κ3) is 23.4. The molecule has 0 aliphatic rings. The molecule has 2 nitrogen and oxygen atoms in total. The van der Waals surface area contributed by atoms with Crippen molar-refractivity contribution in [1.29, 1.82) is 0 Å². The first-order valence-corrected chi connectivity index (χ1v) is 0.200. The van der Waals surface area contributed by atoms with E-state index in [0.29, 0.717) is 0 Å². The second-order valence-electron chi connectivity index (χ2n) is 0. The standard InChI is InChI=1S/2HI.2K.H2O2/c;;;;1-2/h2*1H;;;1-2H/q;;2*+1;/p-2. The quantitative estimate of drug-likeness (QED) is 0.194. The van der Waals surface area contributed by atoms with Crippen LogP contribution in [0.2, 0.25) is 0 Å². The summed E-state index contributed by atoms with van der Waals surface area (Å²) in [6.07, 6.45) is 0. The van der Waals surface area contributed by atoms with Crippen molar-refractivity contribution in [3.63, 3.8) is 0 Å². The molecule has 0 amide bonds. The largest absolute Gasteiger partial charge is 1.00 e. The summed E-state index contributed by atoms with van der Waals surface area (Å²) in [6, 6.07) is 0. The van der Waals surface area contributed by atoms with E-state index in [1.165, 1.54) is 0 Å². The summed E-state index contributed by atoms with van der Waals surface area (Å²) >= 11 is 0. The number of halogens is 2. The average molecular weight is 366 g/mol. The van der Waals surface area contributed by atoms with E-state index in [0.717, 1.165) is 0 Å². The van der Waals surface area contributed by atoms with Crippen molar-refractivity contribution >= 4 is 0 Å². The van der Waals surface area contributed by atoms with Crippen LogP contribution in [-0.4, -0.2) is 10.5 Å². The van der Waals surface area contributed by atoms with E-state index in [4.69, 9.17) is 10.5 Å². The Morgan fingerprint density at radius 1 is 0.667 bits per heavy atom. The maximum absolute atomic E-state index is 6.00. The molecule has 6 heavy (non-hydrogen) atoms. The van der Waals surface area contributed by atoms with Crippen molar-refractivity contribution in [3.05, 3.63) is 0 Å². The molecule has 0 rings (SSSR count). The molecule has 30 valence electrons. The number of hydrogen-bond acceptors (Lipinski definition) is 2. The van der Waals surface area contributed by atoms with Gasteiger partial charge >= 0.3 is 103 Å². The van der Waals surface area contributed by atoms with Crippen LogP contribution in [0.3, 0.4) is 0 Å². The van der Waals surface area contributed by atoms with Crippen molar-refractivity contribution in [2.45, 2.75) is 0 Å². The van der Waals surface area contributed by atoms with Crippen molar-refractivity contribution < 1.29 is 161 Å². The summed E-state index contributed by atoms with van der Waals surface area (Å²) in [5, 5.41) is 12.0. The van der Waals surface area contributed by atoms with E-state index in [1.807, 2.05) is 0 Å². The Balaban J connectivity index is -0.000000000833. The number of rotatable bonds is 0. The Labute approximate surface area is 156 Å². The molecule has 0 aromatic carbocycles. The average Bonchev–Trinajstić information content (AvgIpc) is 1.00. The van der Waals surface area contributed by atoms with Crippen molar-refractivity contribution in [3.8, 4) is 0 Å². The zero-order valence-corrected chi connectivity index (χ0v) is 14.2. The van der Waals surface area contributed by atoms with Gasteiger partial charge < -0.3 is 48.0 Å². The molecule has 0 saturated heterocycles. The van der Waals surface area contributed by atoms with E-state index in [9.17, 15) is 0 Å². The smallest absolute Gasteiger partial charge is 1.00 e. The molecule has 6 heteroatoms. The molecule has 0 bridgehead atoms. The summed E-state index contributed by atoms with van der Waals surface area (Å²) in [4.78, 5) is 0. The Bertz CT molecular complexity index is 9.51. The van der Waals surface area contributed by atoms with Crippen LogP contribution in [0.25, 0.3) is 0 Å². The molecule has 0 heterocycles. The molecule has 0 aliphatic carbocycles. The van der Waals surface area contributed by atoms with Gasteiger partial charge in [0.05, 0.1) is 0 Å². The van der Waals surface area contributed by atoms with Gasteiger partial charge in [-0.25, -0.2) is 0 Å². The van der Waals surface area contributed by atoms with Crippen LogP contribution in [0, 0.1) is 0 Å².